The zero-order valence-electron chi connectivity index (χ0n) is 17.2. The molecule has 0 fully saturated rings. The van der Waals surface area contributed by atoms with Crippen LogP contribution in [0.1, 0.15) is 26.7 Å². The molecule has 0 spiro atoms. The van der Waals surface area contributed by atoms with Crippen molar-refractivity contribution in [2.75, 3.05) is 30.5 Å². The van der Waals surface area contributed by atoms with Crippen LogP contribution in [0.3, 0.4) is 0 Å². The Bertz CT molecular complexity index is 950. The summed E-state index contributed by atoms with van der Waals surface area (Å²) in [6.07, 6.45) is 3.89. The fourth-order valence-electron chi connectivity index (χ4n) is 2.71. The minimum Gasteiger partial charge on any atom is -0.475 e. The number of carbonyl (C=O) groups is 1. The van der Waals surface area contributed by atoms with Gasteiger partial charge in [0, 0.05) is 5.75 Å². The number of ether oxygens (including phenoxy) is 2. The first-order valence-electron chi connectivity index (χ1n) is 10.0. The van der Waals surface area contributed by atoms with E-state index in [-0.39, 0.29) is 11.7 Å². The molecule has 0 bridgehead atoms. The van der Waals surface area contributed by atoms with Crippen LogP contribution < -0.4 is 4.74 Å². The first-order valence-corrected chi connectivity index (χ1v) is 12.2. The van der Waals surface area contributed by atoms with Crippen LogP contribution in [-0.4, -0.2) is 56.2 Å². The molecule has 2 aromatic heterocycles. The lowest BCUT2D eigenvalue weighted by molar-refractivity contribution is -0.139. The Morgan fingerprint density at radius 2 is 1.93 bits per heavy atom. The van der Waals surface area contributed by atoms with Crippen molar-refractivity contribution in [3.63, 3.8) is 0 Å². The molecular weight excluding hydrogens is 420 g/mol. The summed E-state index contributed by atoms with van der Waals surface area (Å²) in [6.45, 7) is 4.91. The zero-order chi connectivity index (χ0) is 21.2. The summed E-state index contributed by atoms with van der Waals surface area (Å²) < 4.78 is 12.9. The van der Waals surface area contributed by atoms with Crippen molar-refractivity contribution in [1.29, 1.82) is 0 Å². The number of carbonyl (C=O) groups excluding carboxylic acids is 1. The second kappa shape index (κ2) is 11.8. The van der Waals surface area contributed by atoms with Crippen LogP contribution in [0.15, 0.2) is 41.7 Å². The third-order valence-corrected chi connectivity index (χ3v) is 6.11. The maximum absolute atomic E-state index is 11.8. The summed E-state index contributed by atoms with van der Waals surface area (Å²) >= 11 is 3.17. The highest BCUT2D eigenvalue weighted by Crippen LogP contribution is 2.32. The fourth-order valence-corrected chi connectivity index (χ4v) is 4.34. The Kier molecular flexibility index (Phi) is 8.82. The van der Waals surface area contributed by atoms with Gasteiger partial charge in [0.25, 0.3) is 0 Å². The Hall–Kier alpha value is -2.26. The van der Waals surface area contributed by atoms with E-state index in [2.05, 4.69) is 16.9 Å². The summed E-state index contributed by atoms with van der Waals surface area (Å²) in [5.41, 5.74) is 2.13. The molecule has 0 radical (unpaired) electrons. The molecule has 30 heavy (non-hydrogen) atoms. The van der Waals surface area contributed by atoms with E-state index in [1.165, 1.54) is 30.9 Å². The van der Waals surface area contributed by atoms with Gasteiger partial charge < -0.3 is 9.47 Å². The molecule has 0 amide bonds. The van der Waals surface area contributed by atoms with Crippen molar-refractivity contribution >= 4 is 40.5 Å². The number of fused-ring (bicyclic) bond motifs is 1. The van der Waals surface area contributed by atoms with Crippen molar-refractivity contribution < 1.29 is 14.3 Å². The monoisotopic (exact) mass is 446 g/mol. The van der Waals surface area contributed by atoms with Crippen molar-refractivity contribution in [3.8, 4) is 11.6 Å². The molecular formula is C21H26N4O3S2. The quantitative estimate of drug-likeness (QED) is 0.175. The van der Waals surface area contributed by atoms with Crippen LogP contribution in [0, 0.1) is 0 Å². The zero-order valence-corrected chi connectivity index (χ0v) is 18.9. The van der Waals surface area contributed by atoms with Crippen LogP contribution in [0.5, 0.6) is 5.88 Å². The van der Waals surface area contributed by atoms with Gasteiger partial charge in [0.2, 0.25) is 5.88 Å². The summed E-state index contributed by atoms with van der Waals surface area (Å²) in [7, 11) is 0. The minimum atomic E-state index is -0.280. The number of hydrogen-bond donors (Lipinski definition) is 0. The van der Waals surface area contributed by atoms with E-state index in [1.54, 1.807) is 11.6 Å². The van der Waals surface area contributed by atoms with Crippen molar-refractivity contribution in [2.45, 2.75) is 31.7 Å². The van der Waals surface area contributed by atoms with E-state index in [0.717, 1.165) is 17.2 Å². The maximum Gasteiger partial charge on any atom is 0.316 e. The Morgan fingerprint density at radius 3 is 2.70 bits per heavy atom. The number of thioether (sulfide) groups is 2. The Balaban J connectivity index is 1.86. The number of esters is 1. The van der Waals surface area contributed by atoms with E-state index in [9.17, 15) is 4.79 Å². The summed E-state index contributed by atoms with van der Waals surface area (Å²) in [6, 6.07) is 9.79. The summed E-state index contributed by atoms with van der Waals surface area (Å²) in [5.74, 6) is 2.51. The lowest BCUT2D eigenvalue weighted by Crippen LogP contribution is -2.06. The first kappa shape index (κ1) is 22.4. The molecule has 0 unspecified atom stereocenters. The molecule has 1 aromatic carbocycles. The second-order valence-electron chi connectivity index (χ2n) is 6.34. The van der Waals surface area contributed by atoms with Gasteiger partial charge in [-0.25, -0.2) is 9.97 Å². The summed E-state index contributed by atoms with van der Waals surface area (Å²) in [5, 5.41) is 5.35. The highest BCUT2D eigenvalue weighted by atomic mass is 32.2. The minimum absolute atomic E-state index is 0.169. The van der Waals surface area contributed by atoms with Crippen LogP contribution in [0.4, 0.5) is 0 Å². The maximum atomic E-state index is 11.8. The van der Waals surface area contributed by atoms with E-state index in [0.29, 0.717) is 35.2 Å². The normalized spacial score (nSPS) is 11.0. The van der Waals surface area contributed by atoms with Gasteiger partial charge >= 0.3 is 5.97 Å². The number of nitrogens with zero attached hydrogens (tertiary/aromatic N) is 4. The van der Waals surface area contributed by atoms with Crippen LogP contribution in [-0.2, 0) is 9.53 Å². The molecule has 0 aliphatic rings. The average Bonchev–Trinajstić information content (AvgIpc) is 3.15. The largest absolute Gasteiger partial charge is 0.475 e. The van der Waals surface area contributed by atoms with Gasteiger partial charge in [-0.1, -0.05) is 43.3 Å². The Labute approximate surface area is 185 Å². The fraction of sp³-hybridized carbons (Fsp3) is 0.429. The topological polar surface area (TPSA) is 79.1 Å². The standard InChI is InChI=1S/C21H26N4O3S2/c1-3-5-12-29-13-11-28-21-19-18(24-25(21)16-9-7-6-8-10-16)20(23-15-22-19)30-14-17(26)27-4-2/h6-10,15H,3-5,11-14H2,1-2H3. The van der Waals surface area contributed by atoms with Crippen molar-refractivity contribution in [2.24, 2.45) is 0 Å². The molecule has 0 saturated carbocycles. The van der Waals surface area contributed by atoms with Crippen LogP contribution in [0.25, 0.3) is 16.7 Å². The molecule has 160 valence electrons. The predicted octanol–water partition coefficient (Wildman–Crippen LogP) is 4.38. The Morgan fingerprint density at radius 1 is 1.10 bits per heavy atom. The lowest BCUT2D eigenvalue weighted by Gasteiger charge is -2.09. The molecule has 7 nitrogen and oxygen atoms in total. The smallest absolute Gasteiger partial charge is 0.316 e. The van der Waals surface area contributed by atoms with Gasteiger partial charge in [-0.05, 0) is 31.2 Å². The molecule has 0 N–H and O–H groups in total. The second-order valence-corrected chi connectivity index (χ2v) is 8.53. The number of unbranched alkanes of at least 4 members (excludes halogenated alkanes) is 1. The predicted molar refractivity (Wildman–Crippen MR) is 122 cm³/mol. The van der Waals surface area contributed by atoms with Crippen molar-refractivity contribution in [1.82, 2.24) is 19.7 Å². The van der Waals surface area contributed by atoms with Gasteiger partial charge in [0.15, 0.2) is 5.52 Å². The average molecular weight is 447 g/mol. The van der Waals surface area contributed by atoms with E-state index in [1.807, 2.05) is 42.1 Å². The number of para-hydroxylation sites is 1. The molecule has 2 heterocycles. The van der Waals surface area contributed by atoms with Gasteiger partial charge in [0.05, 0.1) is 24.7 Å². The van der Waals surface area contributed by atoms with E-state index in [4.69, 9.17) is 14.6 Å². The third-order valence-electron chi connectivity index (χ3n) is 4.13. The van der Waals surface area contributed by atoms with Gasteiger partial charge in [-0.15, -0.1) is 0 Å². The molecule has 0 aliphatic heterocycles. The molecule has 0 aliphatic carbocycles. The summed E-state index contributed by atoms with van der Waals surface area (Å²) in [4.78, 5) is 20.5. The van der Waals surface area contributed by atoms with Gasteiger partial charge in [0.1, 0.15) is 16.9 Å². The van der Waals surface area contributed by atoms with E-state index < -0.39 is 0 Å². The number of aromatic nitrogens is 4. The molecule has 3 aromatic rings. The number of benzene rings is 1. The molecule has 9 heteroatoms. The van der Waals surface area contributed by atoms with Crippen LogP contribution >= 0.6 is 23.5 Å². The molecule has 3 rings (SSSR count). The first-order chi connectivity index (χ1) is 14.7. The SMILES string of the molecule is CCCCSCCOc1c2ncnc(SCC(=O)OCC)c2nn1-c1ccccc1. The number of rotatable bonds is 12. The highest BCUT2D eigenvalue weighted by Gasteiger charge is 2.20. The van der Waals surface area contributed by atoms with Gasteiger partial charge in [-0.2, -0.15) is 21.5 Å². The van der Waals surface area contributed by atoms with Gasteiger partial charge in [-0.3, -0.25) is 4.79 Å². The van der Waals surface area contributed by atoms with E-state index >= 15 is 0 Å². The van der Waals surface area contributed by atoms with Crippen LogP contribution in [0.2, 0.25) is 0 Å². The molecule has 0 saturated heterocycles. The lowest BCUT2D eigenvalue weighted by atomic mass is 10.3. The van der Waals surface area contributed by atoms with Crippen molar-refractivity contribution in [3.05, 3.63) is 36.7 Å². The third kappa shape index (κ3) is 5.89. The number of hydrogen-bond acceptors (Lipinski definition) is 8. The highest BCUT2D eigenvalue weighted by molar-refractivity contribution is 8.00. The molecule has 0 atom stereocenters.